The van der Waals surface area contributed by atoms with Crippen molar-refractivity contribution in [3.63, 3.8) is 0 Å². The summed E-state index contributed by atoms with van der Waals surface area (Å²) >= 11 is 4.53. The van der Waals surface area contributed by atoms with Crippen LogP contribution in [-0.2, 0) is 0 Å². The van der Waals surface area contributed by atoms with Gasteiger partial charge in [0.25, 0.3) is 0 Å². The summed E-state index contributed by atoms with van der Waals surface area (Å²) in [6.45, 7) is 0. The summed E-state index contributed by atoms with van der Waals surface area (Å²) in [7, 11) is 0. The van der Waals surface area contributed by atoms with Crippen molar-refractivity contribution in [2.75, 3.05) is 5.73 Å². The van der Waals surface area contributed by atoms with Gasteiger partial charge in [0.05, 0.1) is 5.69 Å². The van der Waals surface area contributed by atoms with Gasteiger partial charge in [-0.3, -0.25) is 0 Å². The summed E-state index contributed by atoms with van der Waals surface area (Å²) in [6.07, 6.45) is 0. The van der Waals surface area contributed by atoms with Crippen molar-refractivity contribution in [3.05, 3.63) is 39.7 Å². The molecule has 0 radical (unpaired) electrons. The third kappa shape index (κ3) is 2.10. The highest BCUT2D eigenvalue weighted by molar-refractivity contribution is 9.10. The molecule has 5 heteroatoms. The van der Waals surface area contributed by atoms with Crippen molar-refractivity contribution in [1.29, 1.82) is 0 Å². The predicted octanol–water partition coefficient (Wildman–Crippen LogP) is 3.46. The molecule has 3 N–H and O–H groups in total. The maximum atomic E-state index is 10.8. The molecule has 16 heavy (non-hydrogen) atoms. The SMILES string of the molecule is Nc1cc(-c2ccc(Br)cc2)sc1C(=O)O. The van der Waals surface area contributed by atoms with E-state index < -0.39 is 5.97 Å². The summed E-state index contributed by atoms with van der Waals surface area (Å²) in [6, 6.07) is 9.34. The molecule has 0 amide bonds. The number of nitrogen functional groups attached to an aromatic ring is 1. The number of hydrogen-bond acceptors (Lipinski definition) is 3. The fraction of sp³-hybridized carbons (Fsp3) is 0. The lowest BCUT2D eigenvalue weighted by Gasteiger charge is -1.96. The molecule has 3 nitrogen and oxygen atoms in total. The molecule has 2 aromatic rings. The summed E-state index contributed by atoms with van der Waals surface area (Å²) in [5.74, 6) is -0.981. The molecule has 0 atom stereocenters. The quantitative estimate of drug-likeness (QED) is 0.892. The van der Waals surface area contributed by atoms with Crippen molar-refractivity contribution < 1.29 is 9.90 Å². The van der Waals surface area contributed by atoms with Crippen LogP contribution >= 0.6 is 27.3 Å². The highest BCUT2D eigenvalue weighted by Crippen LogP contribution is 2.33. The highest BCUT2D eigenvalue weighted by atomic mass is 79.9. The van der Waals surface area contributed by atoms with E-state index in [2.05, 4.69) is 15.9 Å². The van der Waals surface area contributed by atoms with Crippen LogP contribution in [-0.4, -0.2) is 11.1 Å². The molecule has 0 saturated heterocycles. The fourth-order valence-electron chi connectivity index (χ4n) is 1.33. The molecule has 1 heterocycles. The fourth-order valence-corrected chi connectivity index (χ4v) is 2.52. The first-order chi connectivity index (χ1) is 7.58. The van der Waals surface area contributed by atoms with Crippen LogP contribution in [0, 0.1) is 0 Å². The van der Waals surface area contributed by atoms with E-state index >= 15 is 0 Å². The highest BCUT2D eigenvalue weighted by Gasteiger charge is 2.13. The standard InChI is InChI=1S/C11H8BrNO2S/c12-7-3-1-6(2-4-7)9-5-8(13)10(16-9)11(14)15/h1-5H,13H2,(H,14,15). The van der Waals surface area contributed by atoms with Gasteiger partial charge in [-0.05, 0) is 23.8 Å². The number of nitrogens with two attached hydrogens (primary N) is 1. The number of halogens is 1. The smallest absolute Gasteiger partial charge is 0.348 e. The van der Waals surface area contributed by atoms with Crippen molar-refractivity contribution >= 4 is 38.9 Å². The molecule has 0 fully saturated rings. The van der Waals surface area contributed by atoms with Crippen LogP contribution < -0.4 is 5.73 Å². The average Bonchev–Trinajstić information content (AvgIpc) is 2.61. The summed E-state index contributed by atoms with van der Waals surface area (Å²) < 4.78 is 0.985. The van der Waals surface area contributed by atoms with Crippen LogP contribution in [0.3, 0.4) is 0 Å². The first kappa shape index (κ1) is 11.2. The Bertz CT molecular complexity index is 533. The largest absolute Gasteiger partial charge is 0.477 e. The van der Waals surface area contributed by atoms with E-state index in [-0.39, 0.29) is 4.88 Å². The Morgan fingerprint density at radius 1 is 1.31 bits per heavy atom. The molecule has 0 aliphatic carbocycles. The lowest BCUT2D eigenvalue weighted by molar-refractivity contribution is 0.0703. The Kier molecular flexibility index (Phi) is 2.98. The lowest BCUT2D eigenvalue weighted by atomic mass is 10.2. The van der Waals surface area contributed by atoms with Crippen LogP contribution in [0.15, 0.2) is 34.8 Å². The normalized spacial score (nSPS) is 10.3. The van der Waals surface area contributed by atoms with Gasteiger partial charge in [-0.1, -0.05) is 28.1 Å². The zero-order valence-corrected chi connectivity index (χ0v) is 10.5. The number of anilines is 1. The molecule has 0 saturated carbocycles. The van der Waals surface area contributed by atoms with E-state index in [0.717, 1.165) is 14.9 Å². The van der Waals surface area contributed by atoms with Crippen LogP contribution in [0.5, 0.6) is 0 Å². The molecule has 1 aromatic heterocycles. The van der Waals surface area contributed by atoms with E-state index in [0.29, 0.717) is 5.69 Å². The zero-order chi connectivity index (χ0) is 11.7. The van der Waals surface area contributed by atoms with Crippen LogP contribution in [0.1, 0.15) is 9.67 Å². The molecule has 2 rings (SSSR count). The maximum absolute atomic E-state index is 10.8. The number of benzene rings is 1. The summed E-state index contributed by atoms with van der Waals surface area (Å²) in [4.78, 5) is 11.9. The second-order valence-electron chi connectivity index (χ2n) is 3.21. The monoisotopic (exact) mass is 297 g/mol. The van der Waals surface area contributed by atoms with Gasteiger partial charge < -0.3 is 10.8 Å². The van der Waals surface area contributed by atoms with Crippen LogP contribution in [0.4, 0.5) is 5.69 Å². The number of hydrogen-bond donors (Lipinski definition) is 2. The predicted molar refractivity (Wildman–Crippen MR) is 68.8 cm³/mol. The van der Waals surface area contributed by atoms with Crippen molar-refractivity contribution in [1.82, 2.24) is 0 Å². The van der Waals surface area contributed by atoms with Gasteiger partial charge in [0.1, 0.15) is 4.88 Å². The molecule has 82 valence electrons. The molecule has 1 aromatic carbocycles. The second kappa shape index (κ2) is 4.27. The number of carboxylic acid groups (broad SMARTS) is 1. The van der Waals surface area contributed by atoms with E-state index in [1.54, 1.807) is 6.07 Å². The molecule has 0 aliphatic heterocycles. The Hall–Kier alpha value is -1.33. The minimum absolute atomic E-state index is 0.193. The van der Waals surface area contributed by atoms with Gasteiger partial charge in [0, 0.05) is 9.35 Å². The number of thiophene rings is 1. The second-order valence-corrected chi connectivity index (χ2v) is 5.18. The van der Waals surface area contributed by atoms with E-state index in [1.807, 2.05) is 24.3 Å². The third-order valence-electron chi connectivity index (χ3n) is 2.08. The van der Waals surface area contributed by atoms with Crippen LogP contribution in [0.25, 0.3) is 10.4 Å². The van der Waals surface area contributed by atoms with Crippen molar-refractivity contribution in [2.45, 2.75) is 0 Å². The maximum Gasteiger partial charge on any atom is 0.348 e. The van der Waals surface area contributed by atoms with Gasteiger partial charge in [0.2, 0.25) is 0 Å². The first-order valence-corrected chi connectivity index (χ1v) is 6.07. The summed E-state index contributed by atoms with van der Waals surface area (Å²) in [5.41, 5.74) is 6.91. The number of carbonyl (C=O) groups is 1. The first-order valence-electron chi connectivity index (χ1n) is 4.46. The van der Waals surface area contributed by atoms with E-state index in [1.165, 1.54) is 11.3 Å². The Labute approximate surface area is 105 Å². The van der Waals surface area contributed by atoms with Gasteiger partial charge in [-0.15, -0.1) is 11.3 Å². The lowest BCUT2D eigenvalue weighted by Crippen LogP contribution is -1.96. The molecule has 0 spiro atoms. The number of carboxylic acids is 1. The molecular formula is C11H8BrNO2S. The number of rotatable bonds is 2. The van der Waals surface area contributed by atoms with Crippen molar-refractivity contribution in [2.24, 2.45) is 0 Å². The molecular weight excluding hydrogens is 290 g/mol. The van der Waals surface area contributed by atoms with Gasteiger partial charge in [0.15, 0.2) is 0 Å². The van der Waals surface area contributed by atoms with E-state index in [4.69, 9.17) is 10.8 Å². The Balaban J connectivity index is 2.45. The Morgan fingerprint density at radius 2 is 1.94 bits per heavy atom. The van der Waals surface area contributed by atoms with Gasteiger partial charge in [-0.25, -0.2) is 4.79 Å². The Morgan fingerprint density at radius 3 is 2.44 bits per heavy atom. The molecule has 0 aliphatic rings. The zero-order valence-electron chi connectivity index (χ0n) is 8.11. The average molecular weight is 298 g/mol. The van der Waals surface area contributed by atoms with Crippen molar-refractivity contribution in [3.8, 4) is 10.4 Å². The third-order valence-corrected chi connectivity index (χ3v) is 3.80. The van der Waals surface area contributed by atoms with Crippen LogP contribution in [0.2, 0.25) is 0 Å². The van der Waals surface area contributed by atoms with E-state index in [9.17, 15) is 4.79 Å². The molecule has 0 unspecified atom stereocenters. The van der Waals surface area contributed by atoms with Gasteiger partial charge >= 0.3 is 5.97 Å². The van der Waals surface area contributed by atoms with Gasteiger partial charge in [-0.2, -0.15) is 0 Å². The topological polar surface area (TPSA) is 63.3 Å². The number of aromatic carboxylic acids is 1. The molecule has 0 bridgehead atoms. The minimum atomic E-state index is -0.981. The minimum Gasteiger partial charge on any atom is -0.477 e. The summed E-state index contributed by atoms with van der Waals surface area (Å²) in [5, 5.41) is 8.89.